The molecule has 0 spiro atoms. The Bertz CT molecular complexity index is 491. The molecule has 0 bridgehead atoms. The molecule has 0 saturated heterocycles. The van der Waals surface area contributed by atoms with E-state index in [1.807, 2.05) is 13.8 Å². The molecule has 0 aliphatic rings. The van der Waals surface area contributed by atoms with Crippen molar-refractivity contribution in [3.63, 3.8) is 0 Å². The molecule has 0 unspecified atom stereocenters. The van der Waals surface area contributed by atoms with E-state index in [4.69, 9.17) is 9.47 Å². The maximum absolute atomic E-state index is 12.6. The summed E-state index contributed by atoms with van der Waals surface area (Å²) >= 11 is 0. The van der Waals surface area contributed by atoms with Crippen molar-refractivity contribution >= 4 is 10.0 Å². The molecule has 0 atom stereocenters. The molecule has 1 aromatic carbocycles. The van der Waals surface area contributed by atoms with Gasteiger partial charge in [0.15, 0.2) is 0 Å². The Labute approximate surface area is 127 Å². The summed E-state index contributed by atoms with van der Waals surface area (Å²) in [6, 6.07) is 6.55. The number of unbranched alkanes of at least 4 members (excludes halogenated alkanes) is 1. The van der Waals surface area contributed by atoms with E-state index in [2.05, 4.69) is 0 Å². The molecule has 6 heteroatoms. The quantitative estimate of drug-likeness (QED) is 0.666. The molecule has 0 amide bonds. The van der Waals surface area contributed by atoms with Gasteiger partial charge in [0, 0.05) is 20.2 Å². The first-order chi connectivity index (χ1) is 10.1. The molecule has 0 saturated carbocycles. The van der Waals surface area contributed by atoms with E-state index in [1.54, 1.807) is 31.4 Å². The minimum absolute atomic E-state index is 0.290. The van der Waals surface area contributed by atoms with Crippen molar-refractivity contribution in [3.8, 4) is 5.75 Å². The van der Waals surface area contributed by atoms with Crippen LogP contribution in [-0.2, 0) is 14.8 Å². The van der Waals surface area contributed by atoms with Crippen LogP contribution >= 0.6 is 0 Å². The first-order valence-electron chi connectivity index (χ1n) is 7.28. The second-order valence-corrected chi connectivity index (χ2v) is 6.59. The third-order valence-corrected chi connectivity index (χ3v) is 4.99. The molecular weight excluding hydrogens is 290 g/mol. The topological polar surface area (TPSA) is 55.8 Å². The van der Waals surface area contributed by atoms with Crippen molar-refractivity contribution in [1.29, 1.82) is 0 Å². The fraction of sp³-hybridized carbons (Fsp3) is 0.600. The lowest BCUT2D eigenvalue weighted by molar-refractivity contribution is 0.178. The number of nitrogens with zero attached hydrogens (tertiary/aromatic N) is 1. The number of hydrogen-bond acceptors (Lipinski definition) is 4. The van der Waals surface area contributed by atoms with Crippen molar-refractivity contribution in [2.75, 3.05) is 33.4 Å². The van der Waals surface area contributed by atoms with E-state index in [1.165, 1.54) is 4.31 Å². The molecule has 1 aromatic rings. The number of rotatable bonds is 10. The number of sulfonamides is 1. The van der Waals surface area contributed by atoms with Crippen LogP contribution in [0.15, 0.2) is 29.2 Å². The zero-order valence-electron chi connectivity index (χ0n) is 13.0. The fourth-order valence-corrected chi connectivity index (χ4v) is 3.37. The second-order valence-electron chi connectivity index (χ2n) is 4.65. The zero-order chi connectivity index (χ0) is 15.7. The first-order valence-corrected chi connectivity index (χ1v) is 8.72. The maximum atomic E-state index is 12.6. The van der Waals surface area contributed by atoms with Crippen LogP contribution in [0.3, 0.4) is 0 Å². The molecule has 5 nitrogen and oxygen atoms in total. The van der Waals surface area contributed by atoms with Crippen LogP contribution in [0.5, 0.6) is 5.75 Å². The Morgan fingerprint density at radius 1 is 1.10 bits per heavy atom. The number of benzene rings is 1. The molecule has 0 aliphatic carbocycles. The van der Waals surface area contributed by atoms with Crippen molar-refractivity contribution in [2.24, 2.45) is 0 Å². The van der Waals surface area contributed by atoms with Gasteiger partial charge in [0.1, 0.15) is 5.75 Å². The van der Waals surface area contributed by atoms with E-state index >= 15 is 0 Å². The number of methoxy groups -OCH3 is 1. The summed E-state index contributed by atoms with van der Waals surface area (Å²) in [5.41, 5.74) is 0. The average molecular weight is 315 g/mol. The first kappa shape index (κ1) is 17.9. The summed E-state index contributed by atoms with van der Waals surface area (Å²) in [6.07, 6.45) is 1.78. The molecule has 0 N–H and O–H groups in total. The van der Waals surface area contributed by atoms with Gasteiger partial charge in [-0.1, -0.05) is 13.3 Å². The average Bonchev–Trinajstić information content (AvgIpc) is 2.48. The molecule has 0 radical (unpaired) electrons. The summed E-state index contributed by atoms with van der Waals surface area (Å²) in [7, 11) is -1.91. The van der Waals surface area contributed by atoms with Gasteiger partial charge in [0.05, 0.1) is 18.1 Å². The minimum Gasteiger partial charge on any atom is -0.494 e. The molecular formula is C15H25NO4S. The van der Waals surface area contributed by atoms with Crippen molar-refractivity contribution in [2.45, 2.75) is 31.6 Å². The molecule has 120 valence electrons. The van der Waals surface area contributed by atoms with E-state index in [-0.39, 0.29) is 4.90 Å². The summed E-state index contributed by atoms with van der Waals surface area (Å²) < 4.78 is 37.1. The molecule has 1 rings (SSSR count). The monoisotopic (exact) mass is 315 g/mol. The molecule has 0 heterocycles. The third kappa shape index (κ3) is 5.30. The van der Waals surface area contributed by atoms with Gasteiger partial charge in [0.25, 0.3) is 0 Å². The smallest absolute Gasteiger partial charge is 0.243 e. The van der Waals surface area contributed by atoms with Crippen LogP contribution < -0.4 is 4.74 Å². The lowest BCUT2D eigenvalue weighted by Gasteiger charge is -2.21. The molecule has 21 heavy (non-hydrogen) atoms. The van der Waals surface area contributed by atoms with E-state index < -0.39 is 10.0 Å². The summed E-state index contributed by atoms with van der Waals surface area (Å²) in [5, 5.41) is 0. The van der Waals surface area contributed by atoms with Gasteiger partial charge in [0.2, 0.25) is 10.0 Å². The van der Waals surface area contributed by atoms with Crippen LogP contribution in [0.1, 0.15) is 26.7 Å². The van der Waals surface area contributed by atoms with Crippen LogP contribution in [0.25, 0.3) is 0 Å². The van der Waals surface area contributed by atoms with E-state index in [9.17, 15) is 8.42 Å². The summed E-state index contributed by atoms with van der Waals surface area (Å²) in [4.78, 5) is 0.290. The predicted molar refractivity (Wildman–Crippen MR) is 83.2 cm³/mol. The SMILES string of the molecule is CCCCN(CCOC)S(=O)(=O)c1ccc(OCC)cc1. The van der Waals surface area contributed by atoms with Gasteiger partial charge < -0.3 is 9.47 Å². The molecule has 0 aliphatic heterocycles. The zero-order valence-corrected chi connectivity index (χ0v) is 13.9. The van der Waals surface area contributed by atoms with Gasteiger partial charge in [-0.3, -0.25) is 0 Å². The highest BCUT2D eigenvalue weighted by Gasteiger charge is 2.23. The van der Waals surface area contributed by atoms with Crippen molar-refractivity contribution in [1.82, 2.24) is 4.31 Å². The largest absolute Gasteiger partial charge is 0.494 e. The Kier molecular flexibility index (Phi) is 7.71. The highest BCUT2D eigenvalue weighted by Crippen LogP contribution is 2.20. The third-order valence-electron chi connectivity index (χ3n) is 3.08. The molecule has 0 aromatic heterocycles. The Balaban J connectivity index is 2.92. The van der Waals surface area contributed by atoms with Crippen LogP contribution in [0, 0.1) is 0 Å². The standard InChI is InChI=1S/C15H25NO4S/c1-4-6-11-16(12-13-19-3)21(17,18)15-9-7-14(8-10-15)20-5-2/h7-10H,4-6,11-13H2,1-3H3. The van der Waals surface area contributed by atoms with Gasteiger partial charge in [-0.25, -0.2) is 8.42 Å². The highest BCUT2D eigenvalue weighted by atomic mass is 32.2. The van der Waals surface area contributed by atoms with Gasteiger partial charge in [-0.05, 0) is 37.6 Å². The molecule has 0 fully saturated rings. The van der Waals surface area contributed by atoms with Crippen molar-refractivity contribution in [3.05, 3.63) is 24.3 Å². The summed E-state index contributed by atoms with van der Waals surface area (Å²) in [5.74, 6) is 0.674. The highest BCUT2D eigenvalue weighted by molar-refractivity contribution is 7.89. The Hall–Kier alpha value is -1.11. The van der Waals surface area contributed by atoms with Gasteiger partial charge in [-0.2, -0.15) is 4.31 Å². The summed E-state index contributed by atoms with van der Waals surface area (Å²) in [6.45, 7) is 5.75. The fourth-order valence-electron chi connectivity index (χ4n) is 1.90. The Morgan fingerprint density at radius 2 is 1.76 bits per heavy atom. The second kappa shape index (κ2) is 9.02. The van der Waals surface area contributed by atoms with Gasteiger partial charge >= 0.3 is 0 Å². The van der Waals surface area contributed by atoms with Crippen molar-refractivity contribution < 1.29 is 17.9 Å². The number of hydrogen-bond donors (Lipinski definition) is 0. The number of ether oxygens (including phenoxy) is 2. The lowest BCUT2D eigenvalue weighted by atomic mass is 10.3. The minimum atomic E-state index is -3.48. The predicted octanol–water partition coefficient (Wildman–Crippen LogP) is 2.52. The van der Waals surface area contributed by atoms with Crippen LogP contribution in [0.2, 0.25) is 0 Å². The van der Waals surface area contributed by atoms with E-state index in [0.29, 0.717) is 32.1 Å². The maximum Gasteiger partial charge on any atom is 0.243 e. The van der Waals surface area contributed by atoms with Crippen LogP contribution in [0.4, 0.5) is 0 Å². The normalized spacial score (nSPS) is 11.8. The Morgan fingerprint density at radius 3 is 2.29 bits per heavy atom. The van der Waals surface area contributed by atoms with Gasteiger partial charge in [-0.15, -0.1) is 0 Å². The van der Waals surface area contributed by atoms with Crippen LogP contribution in [-0.4, -0.2) is 46.1 Å². The lowest BCUT2D eigenvalue weighted by Crippen LogP contribution is -2.34. The van der Waals surface area contributed by atoms with E-state index in [0.717, 1.165) is 12.8 Å².